The molecule has 2 heterocycles. The first kappa shape index (κ1) is 83.6. The van der Waals surface area contributed by atoms with Crippen molar-refractivity contribution in [1.29, 1.82) is 0 Å². The number of nitrogens with one attached hydrogen (secondary N) is 3. The number of alkyl halides is 4. The Morgan fingerprint density at radius 1 is 0.596 bits per heavy atom. The molecular formula is C77H123ClF3N11O12. The van der Waals surface area contributed by atoms with Crippen LogP contribution in [0.1, 0.15) is 221 Å². The smallest absolute Gasteiger partial charge is 0.343 e. The molecule has 8 fully saturated rings. The zero-order valence-corrected chi connectivity index (χ0v) is 65.0. The molecule has 27 heteroatoms. The minimum atomic E-state index is -4.51. The number of hydrogen-bond donors (Lipinski definition) is 3. The highest BCUT2D eigenvalue weighted by Gasteiger charge is 2.54. The van der Waals surface area contributed by atoms with Crippen molar-refractivity contribution >= 4 is 82.4 Å². The summed E-state index contributed by atoms with van der Waals surface area (Å²) in [6.45, 7) is 9.82. The summed E-state index contributed by atoms with van der Waals surface area (Å²) in [5.41, 5.74) is -1.54. The third-order valence-electron chi connectivity index (χ3n) is 25.6. The SMILES string of the molecule is CC[C@H](C)[C@@H]1NC(=O)[C@H](CC(C)C)N(C)C(=O)C[C@@H](C(=O)C2C3CCCC2CC3)N(C)C(=O)[C@H](C2CCCC2)N(C)C(=O)C2(CCCC2)NC(=O)[C@@H]2CCCN2C(=O)[C@H](CCC2CCC(C(F)(F)F)C(Cl)C2)NC(=O)CN(C)C(=O)[C@H](CC2CCC(C)CC2)N(CC)C(=O)CN(C)C(=O)CN(C)C1=O. The first-order chi connectivity index (χ1) is 49.1. The molecule has 0 aromatic heterocycles. The molecule has 2 aliphatic heterocycles. The lowest BCUT2D eigenvalue weighted by atomic mass is 9.74. The van der Waals surface area contributed by atoms with Crippen LogP contribution < -0.4 is 16.0 Å². The van der Waals surface area contributed by atoms with Crippen LogP contribution in [0.4, 0.5) is 13.2 Å². The Labute approximate surface area is 620 Å². The molecule has 11 amide bonds. The van der Waals surface area contributed by atoms with Gasteiger partial charge in [0.1, 0.15) is 41.8 Å². The molecule has 8 aliphatic rings. The van der Waals surface area contributed by atoms with Gasteiger partial charge in [0.25, 0.3) is 0 Å². The zero-order chi connectivity index (χ0) is 76.4. The van der Waals surface area contributed by atoms with Crippen LogP contribution >= 0.6 is 11.6 Å². The molecule has 5 unspecified atom stereocenters. The molecule has 2 bridgehead atoms. The molecule has 8 rings (SSSR count). The second-order valence-corrected chi connectivity index (χ2v) is 33.8. The van der Waals surface area contributed by atoms with Crippen LogP contribution in [-0.4, -0.2) is 244 Å². The number of rotatable bonds is 13. The van der Waals surface area contributed by atoms with E-state index in [4.69, 9.17) is 11.6 Å². The van der Waals surface area contributed by atoms with Gasteiger partial charge in [-0.1, -0.05) is 98.8 Å². The molecule has 6 aliphatic carbocycles. The number of amides is 11. The minimum absolute atomic E-state index is 0.00512. The molecule has 0 aromatic rings. The average molecular weight is 1490 g/mol. The van der Waals surface area contributed by atoms with Crippen molar-refractivity contribution in [2.45, 2.75) is 281 Å². The molecule has 0 aromatic carbocycles. The van der Waals surface area contributed by atoms with E-state index in [-0.39, 0.29) is 119 Å². The highest BCUT2D eigenvalue weighted by Crippen LogP contribution is 2.49. The summed E-state index contributed by atoms with van der Waals surface area (Å²) in [4.78, 5) is 192. The summed E-state index contributed by atoms with van der Waals surface area (Å²) in [7, 11) is 8.81. The Bertz CT molecular complexity index is 3050. The Hall–Kier alpha value is -6.08. The lowest BCUT2D eigenvalue weighted by Gasteiger charge is -2.42. The largest absolute Gasteiger partial charge is 0.393 e. The monoisotopic (exact) mass is 1490 g/mol. The highest BCUT2D eigenvalue weighted by atomic mass is 35.5. The van der Waals surface area contributed by atoms with Crippen LogP contribution in [-0.2, 0) is 57.5 Å². The van der Waals surface area contributed by atoms with Crippen molar-refractivity contribution in [3.05, 3.63) is 0 Å². The first-order valence-corrected chi connectivity index (χ1v) is 39.8. The maximum atomic E-state index is 15.9. The lowest BCUT2D eigenvalue weighted by Crippen LogP contribution is -2.65. The number of Topliss-reactive ketones (excluding diaryl/α,β-unsaturated/α-hetero) is 1. The number of ketones is 1. The second kappa shape index (κ2) is 36.7. The van der Waals surface area contributed by atoms with E-state index in [0.29, 0.717) is 44.4 Å². The Balaban J connectivity index is 1.17. The van der Waals surface area contributed by atoms with E-state index >= 15 is 38.4 Å². The number of nitrogens with zero attached hydrogens (tertiary/aromatic N) is 8. The Morgan fingerprint density at radius 2 is 1.20 bits per heavy atom. The quantitative estimate of drug-likeness (QED) is 0.148. The molecule has 586 valence electrons. The van der Waals surface area contributed by atoms with E-state index in [1.165, 1.54) is 74.4 Å². The van der Waals surface area contributed by atoms with Crippen LogP contribution in [0.25, 0.3) is 0 Å². The van der Waals surface area contributed by atoms with Gasteiger partial charge in [-0.2, -0.15) is 13.2 Å². The number of fused-ring (bicyclic) bond motifs is 3. The fourth-order valence-corrected chi connectivity index (χ4v) is 19.5. The van der Waals surface area contributed by atoms with Crippen LogP contribution in [0, 0.1) is 59.2 Å². The summed E-state index contributed by atoms with van der Waals surface area (Å²) in [6.07, 6.45) is 8.23. The summed E-state index contributed by atoms with van der Waals surface area (Å²) >= 11 is 6.44. The Kier molecular flexibility index (Phi) is 29.5. The van der Waals surface area contributed by atoms with Crippen molar-refractivity contribution in [3.8, 4) is 0 Å². The van der Waals surface area contributed by atoms with Gasteiger partial charge in [0, 0.05) is 66.7 Å². The van der Waals surface area contributed by atoms with Gasteiger partial charge in [0.2, 0.25) is 65.0 Å². The van der Waals surface area contributed by atoms with Gasteiger partial charge < -0.3 is 55.1 Å². The zero-order valence-electron chi connectivity index (χ0n) is 64.2. The topological polar surface area (TPSA) is 267 Å². The number of halogens is 4. The number of likely N-dealkylation sites (N-methyl/N-ethyl adjacent to an activating group) is 7. The van der Waals surface area contributed by atoms with Crippen molar-refractivity contribution < 1.29 is 70.7 Å². The second-order valence-electron chi connectivity index (χ2n) is 33.3. The first-order valence-electron chi connectivity index (χ1n) is 39.4. The molecule has 3 N–H and O–H groups in total. The molecule has 0 radical (unpaired) electrons. The van der Waals surface area contributed by atoms with Gasteiger partial charge >= 0.3 is 6.18 Å². The molecular weight excluding hydrogens is 1360 g/mol. The van der Waals surface area contributed by atoms with Crippen LogP contribution in [0.5, 0.6) is 0 Å². The maximum Gasteiger partial charge on any atom is 0.393 e. The van der Waals surface area contributed by atoms with E-state index in [1.54, 1.807) is 20.9 Å². The van der Waals surface area contributed by atoms with Crippen molar-refractivity contribution in [1.82, 2.24) is 55.1 Å². The van der Waals surface area contributed by atoms with Crippen LogP contribution in [0.3, 0.4) is 0 Å². The molecule has 13 atom stereocenters. The third kappa shape index (κ3) is 20.0. The molecule has 104 heavy (non-hydrogen) atoms. The van der Waals surface area contributed by atoms with Gasteiger partial charge in [-0.3, -0.25) is 57.5 Å². The van der Waals surface area contributed by atoms with Crippen molar-refractivity contribution in [3.63, 3.8) is 0 Å². The van der Waals surface area contributed by atoms with E-state index < -0.39 is 168 Å². The molecule has 2 saturated heterocycles. The molecule has 23 nitrogen and oxygen atoms in total. The standard InChI is InChI=1S/C77H123ClF3N11O12/c1-13-48(6)66-73(102)87(9)44-63(95)85(7)45-64(96)91(14-2)60(41-50-28-26-47(5)27-29-50)72(101)86(8)43-61(93)82-56(35-31-49-30-34-54(55(78)40-49)77(79,80)81)71(100)92-38-20-25-57(92)70(99)84-76(36-17-18-37-76)75(104)90(12)67(53-21-15-16-22-53)74(103)89(11)58(68(97)65-51-23-19-24-52(65)33-32-51)42-62(94)88(10)59(39-46(3)4)69(98)83-66/h46-60,65-67H,13-45H2,1-12H3,(H,82,93)(H,83,98)(H,84,99)/t47?,48-,49?,50?,51?,52?,54?,55?,56-,57-,58-,59-,60-,65?,66-,67-/m0/s1. The van der Waals surface area contributed by atoms with Crippen molar-refractivity contribution in [2.24, 2.45) is 59.2 Å². The van der Waals surface area contributed by atoms with Gasteiger partial charge in [-0.05, 0) is 163 Å². The van der Waals surface area contributed by atoms with Crippen LogP contribution in [0.15, 0.2) is 0 Å². The van der Waals surface area contributed by atoms with E-state index in [0.717, 1.165) is 70.6 Å². The van der Waals surface area contributed by atoms with Gasteiger partial charge in [0.05, 0.1) is 38.0 Å². The van der Waals surface area contributed by atoms with Gasteiger partial charge in [0.15, 0.2) is 5.78 Å². The summed E-state index contributed by atoms with van der Waals surface area (Å²) in [6, 6.07) is -8.37. The summed E-state index contributed by atoms with van der Waals surface area (Å²) in [5, 5.41) is 7.73. The fraction of sp³-hybridized carbons (Fsp3) is 0.844. The number of carbonyl (C=O) groups excluding carboxylic acids is 12. The summed E-state index contributed by atoms with van der Waals surface area (Å²) in [5.74, 6) is -9.89. The van der Waals surface area contributed by atoms with E-state index in [1.807, 2.05) is 20.8 Å². The average Bonchev–Trinajstić information content (AvgIpc) is 1.47. The third-order valence-corrected chi connectivity index (χ3v) is 26.1. The maximum absolute atomic E-state index is 15.9. The van der Waals surface area contributed by atoms with Crippen LogP contribution in [0.2, 0.25) is 0 Å². The number of hydrogen-bond acceptors (Lipinski definition) is 12. The summed E-state index contributed by atoms with van der Waals surface area (Å²) < 4.78 is 42.2. The fourth-order valence-electron chi connectivity index (χ4n) is 19.0. The van der Waals surface area contributed by atoms with Gasteiger partial charge in [-0.25, -0.2) is 0 Å². The molecule has 1 spiro atoms. The molecule has 6 saturated carbocycles. The van der Waals surface area contributed by atoms with E-state index in [2.05, 4.69) is 22.9 Å². The number of carbonyl (C=O) groups is 12. The predicted molar refractivity (Wildman–Crippen MR) is 387 cm³/mol. The van der Waals surface area contributed by atoms with E-state index in [9.17, 15) is 32.3 Å². The van der Waals surface area contributed by atoms with Crippen molar-refractivity contribution in [2.75, 3.05) is 75.0 Å². The predicted octanol–water partition coefficient (Wildman–Crippen LogP) is 8.11. The lowest BCUT2D eigenvalue weighted by molar-refractivity contribution is -0.182. The van der Waals surface area contributed by atoms with Gasteiger partial charge in [-0.15, -0.1) is 11.6 Å². The highest BCUT2D eigenvalue weighted by molar-refractivity contribution is 6.21. The minimum Gasteiger partial charge on any atom is -0.343 e. The normalized spacial score (nSPS) is 33.1. The Morgan fingerprint density at radius 3 is 1.80 bits per heavy atom.